The average molecular weight is 592 g/mol. The smallest absolute Gasteiger partial charge is 0.246 e. The molecule has 0 bridgehead atoms. The van der Waals surface area contributed by atoms with Crippen molar-refractivity contribution in [3.8, 4) is 5.69 Å². The summed E-state index contributed by atoms with van der Waals surface area (Å²) in [7, 11) is -2.22. The third-order valence-electron chi connectivity index (χ3n) is 8.50. The molecule has 3 aliphatic carbocycles. The molecule has 0 saturated heterocycles. The van der Waals surface area contributed by atoms with Gasteiger partial charge in [0.05, 0.1) is 35.4 Å². The average Bonchev–Trinajstić information content (AvgIpc) is 3.55. The highest BCUT2D eigenvalue weighted by Gasteiger charge is 2.54. The summed E-state index contributed by atoms with van der Waals surface area (Å²) in [6.07, 6.45) is 12.0. The van der Waals surface area contributed by atoms with Gasteiger partial charge < -0.3 is 0 Å². The molecule has 2 fully saturated rings. The molecule has 0 spiro atoms. The third kappa shape index (κ3) is 4.38. The van der Waals surface area contributed by atoms with E-state index in [0.717, 1.165) is 35.7 Å². The second-order valence-corrected chi connectivity index (χ2v) is 13.1. The van der Waals surface area contributed by atoms with E-state index in [2.05, 4.69) is 20.2 Å². The molecule has 216 valence electrons. The summed E-state index contributed by atoms with van der Waals surface area (Å²) < 4.78 is 60.3. The summed E-state index contributed by atoms with van der Waals surface area (Å²) in [6.45, 7) is 0. The first-order chi connectivity index (χ1) is 20.2. The first-order valence-electron chi connectivity index (χ1n) is 13.7. The zero-order chi connectivity index (χ0) is 29.2. The lowest BCUT2D eigenvalue weighted by Gasteiger charge is -2.46. The van der Waals surface area contributed by atoms with Crippen molar-refractivity contribution in [2.75, 3.05) is 0 Å². The summed E-state index contributed by atoms with van der Waals surface area (Å²) in [4.78, 5) is 22.4. The summed E-state index contributed by atoms with van der Waals surface area (Å²) in [5, 5.41) is 8.59. The molecule has 0 radical (unpaired) electrons. The Labute approximate surface area is 240 Å². The van der Waals surface area contributed by atoms with Gasteiger partial charge in [-0.2, -0.15) is 18.9 Å². The summed E-state index contributed by atoms with van der Waals surface area (Å²) in [5.74, 6) is -1.53. The van der Waals surface area contributed by atoms with Gasteiger partial charge in [0, 0.05) is 37.6 Å². The fourth-order valence-electron chi connectivity index (χ4n) is 6.45. The Morgan fingerprint density at radius 1 is 1.05 bits per heavy atom. The fraction of sp³-hybridized carbons (Fsp3) is 0.345. The van der Waals surface area contributed by atoms with Crippen molar-refractivity contribution in [3.63, 3.8) is 0 Å². The molecule has 2 saturated carbocycles. The number of hydrogen-bond donors (Lipinski definition) is 0. The number of allylic oxidation sites excluding steroid dienone is 1. The maximum absolute atomic E-state index is 14.4. The number of hydrogen-bond acceptors (Lipinski definition) is 7. The van der Waals surface area contributed by atoms with Gasteiger partial charge in [0.25, 0.3) is 0 Å². The van der Waals surface area contributed by atoms with Gasteiger partial charge in [-0.1, -0.05) is 5.57 Å². The first-order valence-corrected chi connectivity index (χ1v) is 15.2. The minimum atomic E-state index is -3.88. The molecule has 0 aliphatic heterocycles. The van der Waals surface area contributed by atoms with E-state index in [1.165, 1.54) is 41.6 Å². The van der Waals surface area contributed by atoms with E-state index < -0.39 is 33.2 Å². The first kappa shape index (κ1) is 26.8. The lowest BCUT2D eigenvalue weighted by Crippen LogP contribution is -2.51. The minimum Gasteiger partial charge on any atom is -0.291 e. The number of carbonyl (C=O) groups excluding carboxylic acids is 1. The quantitative estimate of drug-likeness (QED) is 0.237. The predicted octanol–water partition coefficient (Wildman–Crippen LogP) is 3.89. The van der Waals surface area contributed by atoms with Gasteiger partial charge in [0.15, 0.2) is 5.78 Å². The molecule has 3 aliphatic rings. The highest BCUT2D eigenvalue weighted by molar-refractivity contribution is 7.89. The van der Waals surface area contributed by atoms with Gasteiger partial charge in [-0.25, -0.2) is 22.5 Å². The maximum atomic E-state index is 14.4. The number of carbonyl (C=O) groups is 1. The molecule has 4 aromatic rings. The molecular formula is C29H27F2N7O3S. The summed E-state index contributed by atoms with van der Waals surface area (Å²) in [6, 6.07) is 4.53. The highest BCUT2D eigenvalue weighted by atomic mass is 32.2. The Kier molecular flexibility index (Phi) is 6.21. The Bertz CT molecular complexity index is 1850. The zero-order valence-electron chi connectivity index (χ0n) is 22.7. The molecule has 4 heterocycles. The zero-order valence-corrected chi connectivity index (χ0v) is 23.5. The van der Waals surface area contributed by atoms with E-state index >= 15 is 0 Å². The van der Waals surface area contributed by atoms with Gasteiger partial charge in [-0.05, 0) is 68.4 Å². The number of nitrogens with zero attached hydrogens (tertiary/aromatic N) is 7. The monoisotopic (exact) mass is 591 g/mol. The van der Waals surface area contributed by atoms with Crippen molar-refractivity contribution in [1.29, 1.82) is 0 Å². The Morgan fingerprint density at radius 2 is 1.88 bits per heavy atom. The van der Waals surface area contributed by atoms with Crippen LogP contribution in [0, 0.1) is 17.2 Å². The van der Waals surface area contributed by atoms with E-state index in [4.69, 9.17) is 0 Å². The number of ketones is 1. The van der Waals surface area contributed by atoms with Crippen molar-refractivity contribution in [1.82, 2.24) is 33.8 Å². The predicted molar refractivity (Wildman–Crippen MR) is 147 cm³/mol. The largest absolute Gasteiger partial charge is 0.291 e. The topological polar surface area (TPSA) is 116 Å². The second kappa shape index (κ2) is 9.73. The number of Topliss-reactive ketones (excluding diaryl/α,β-unsaturated/α-hetero) is 1. The summed E-state index contributed by atoms with van der Waals surface area (Å²) in [5.41, 5.74) is 1.73. The van der Waals surface area contributed by atoms with E-state index in [0.29, 0.717) is 18.5 Å². The van der Waals surface area contributed by atoms with Gasteiger partial charge in [0.1, 0.15) is 16.4 Å². The lowest BCUT2D eigenvalue weighted by atomic mass is 9.60. The number of sulfonamides is 1. The van der Waals surface area contributed by atoms with E-state index in [1.807, 2.05) is 6.08 Å². The molecule has 0 unspecified atom stereocenters. The van der Waals surface area contributed by atoms with Crippen LogP contribution in [0.15, 0.2) is 65.7 Å². The van der Waals surface area contributed by atoms with Gasteiger partial charge >= 0.3 is 0 Å². The van der Waals surface area contributed by atoms with Crippen LogP contribution in [-0.4, -0.2) is 60.1 Å². The molecular weight excluding hydrogens is 564 g/mol. The van der Waals surface area contributed by atoms with Gasteiger partial charge in [-0.15, -0.1) is 0 Å². The molecule has 10 nitrogen and oxygen atoms in total. The second-order valence-electron chi connectivity index (χ2n) is 11.2. The van der Waals surface area contributed by atoms with Crippen LogP contribution in [0.25, 0.3) is 11.8 Å². The normalized spacial score (nSPS) is 22.0. The van der Waals surface area contributed by atoms with Crippen molar-refractivity contribution in [2.24, 2.45) is 12.5 Å². The van der Waals surface area contributed by atoms with E-state index in [-0.39, 0.29) is 35.3 Å². The number of halogens is 2. The van der Waals surface area contributed by atoms with Crippen LogP contribution in [0.1, 0.15) is 53.8 Å². The third-order valence-corrected chi connectivity index (χ3v) is 10.5. The number of fused-ring (bicyclic) bond motifs is 2. The Morgan fingerprint density at radius 3 is 2.57 bits per heavy atom. The van der Waals surface area contributed by atoms with Crippen molar-refractivity contribution in [3.05, 3.63) is 89.5 Å². The van der Waals surface area contributed by atoms with Crippen LogP contribution in [0.2, 0.25) is 0 Å². The molecule has 0 N–H and O–H groups in total. The number of aromatic nitrogens is 6. The molecule has 4 aromatic heterocycles. The highest BCUT2D eigenvalue weighted by Crippen LogP contribution is 2.52. The molecule has 0 aromatic carbocycles. The van der Waals surface area contributed by atoms with Crippen LogP contribution in [-0.2, 0) is 23.5 Å². The maximum Gasteiger partial charge on any atom is 0.246 e. The van der Waals surface area contributed by atoms with E-state index in [9.17, 15) is 22.0 Å². The summed E-state index contributed by atoms with van der Waals surface area (Å²) >= 11 is 0. The van der Waals surface area contributed by atoms with Crippen molar-refractivity contribution >= 4 is 21.9 Å². The molecule has 42 heavy (non-hydrogen) atoms. The molecule has 0 amide bonds. The Hall–Kier alpha value is -4.10. The fourth-order valence-corrected chi connectivity index (χ4v) is 8.33. The van der Waals surface area contributed by atoms with Crippen LogP contribution >= 0.6 is 0 Å². The molecule has 13 heteroatoms. The van der Waals surface area contributed by atoms with Crippen LogP contribution in [0.3, 0.4) is 0 Å². The van der Waals surface area contributed by atoms with E-state index in [1.54, 1.807) is 28.3 Å². The Balaban J connectivity index is 1.32. The number of aryl methyl sites for hydroxylation is 1. The van der Waals surface area contributed by atoms with Crippen molar-refractivity contribution < 1.29 is 22.0 Å². The molecule has 7 rings (SSSR count). The van der Waals surface area contributed by atoms with Gasteiger partial charge in [0.2, 0.25) is 16.0 Å². The standard InChI is InChI=1S/C29H27F2N7O3S/c1-36-17-24(16-34-36)42(40,41)38(21-4-5-21)22-3-2-19-10-26-18(14-35-37(26)23-6-7-27(31)33-15-23)12-29(19,13-22)28(39)25-11-20(30)8-9-32-25/h6-11,14-17,21-22H,2-5,12-13H2,1H3/t22-,29-/m0/s1. The SMILES string of the molecule is Cn1cc(S(=O)(=O)N(C2CC2)[C@H]2CCC3=Cc4c(cnn4-c4ccc(F)nc4)C[C@]3(C(=O)c3cc(F)ccn3)C2)cn1. The van der Waals surface area contributed by atoms with Crippen LogP contribution in [0.4, 0.5) is 8.78 Å². The molecule has 2 atom stereocenters. The lowest BCUT2D eigenvalue weighted by molar-refractivity contribution is 0.0733. The number of pyridine rings is 2. The number of rotatable bonds is 7. The van der Waals surface area contributed by atoms with Gasteiger partial charge in [-0.3, -0.25) is 14.5 Å². The minimum absolute atomic E-state index is 0.00628. The van der Waals surface area contributed by atoms with Crippen molar-refractivity contribution in [2.45, 2.75) is 55.5 Å². The van der Waals surface area contributed by atoms with Crippen LogP contribution < -0.4 is 0 Å². The van der Waals surface area contributed by atoms with Crippen LogP contribution in [0.5, 0.6) is 0 Å².